The highest BCUT2D eigenvalue weighted by Crippen LogP contribution is 2.13. The van der Waals surface area contributed by atoms with Gasteiger partial charge in [-0.05, 0) is 19.3 Å². The zero-order chi connectivity index (χ0) is 10.2. The van der Waals surface area contributed by atoms with E-state index in [-0.39, 0.29) is 0 Å². The number of rotatable bonds is 4. The maximum Gasteiger partial charge on any atom is 0.188 e. The van der Waals surface area contributed by atoms with Crippen molar-refractivity contribution in [2.75, 3.05) is 26.3 Å². The molecule has 4 nitrogen and oxygen atoms in total. The molecule has 3 N–H and O–H groups in total. The number of nitrogens with zero attached hydrogens (tertiary/aromatic N) is 1. The highest BCUT2D eigenvalue weighted by molar-refractivity contribution is 5.77. The molecular weight excluding hydrogens is 178 g/mol. The van der Waals surface area contributed by atoms with Gasteiger partial charge in [-0.1, -0.05) is 6.92 Å². The summed E-state index contributed by atoms with van der Waals surface area (Å²) in [6, 6.07) is 0. The third-order valence-electron chi connectivity index (χ3n) is 2.33. The van der Waals surface area contributed by atoms with E-state index in [2.05, 4.69) is 17.2 Å². The Morgan fingerprint density at radius 1 is 1.64 bits per heavy atom. The van der Waals surface area contributed by atoms with Crippen molar-refractivity contribution in [1.29, 1.82) is 0 Å². The fourth-order valence-corrected chi connectivity index (χ4v) is 1.49. The van der Waals surface area contributed by atoms with Crippen LogP contribution in [-0.2, 0) is 4.74 Å². The van der Waals surface area contributed by atoms with Gasteiger partial charge in [-0.2, -0.15) is 0 Å². The van der Waals surface area contributed by atoms with E-state index in [0.717, 1.165) is 39.1 Å². The summed E-state index contributed by atoms with van der Waals surface area (Å²) in [4.78, 5) is 4.29. The second-order valence-corrected chi connectivity index (χ2v) is 3.74. The molecule has 0 aromatic rings. The van der Waals surface area contributed by atoms with Gasteiger partial charge in [0.05, 0.1) is 6.61 Å². The van der Waals surface area contributed by atoms with Crippen molar-refractivity contribution in [2.24, 2.45) is 16.6 Å². The molecule has 1 aliphatic heterocycles. The van der Waals surface area contributed by atoms with Crippen molar-refractivity contribution < 1.29 is 4.74 Å². The number of ether oxygens (including phenoxy) is 1. The molecule has 0 aliphatic carbocycles. The van der Waals surface area contributed by atoms with E-state index in [1.54, 1.807) is 0 Å². The van der Waals surface area contributed by atoms with Gasteiger partial charge in [0.2, 0.25) is 0 Å². The monoisotopic (exact) mass is 199 g/mol. The van der Waals surface area contributed by atoms with E-state index >= 15 is 0 Å². The quantitative estimate of drug-likeness (QED) is 0.518. The average molecular weight is 199 g/mol. The minimum atomic E-state index is 0.561. The zero-order valence-corrected chi connectivity index (χ0v) is 8.96. The number of guanidine groups is 1. The van der Waals surface area contributed by atoms with E-state index in [4.69, 9.17) is 10.5 Å². The van der Waals surface area contributed by atoms with Crippen molar-refractivity contribution >= 4 is 5.96 Å². The zero-order valence-electron chi connectivity index (χ0n) is 8.96. The Morgan fingerprint density at radius 2 is 2.50 bits per heavy atom. The van der Waals surface area contributed by atoms with Gasteiger partial charge in [-0.15, -0.1) is 0 Å². The molecule has 0 bridgehead atoms. The summed E-state index contributed by atoms with van der Waals surface area (Å²) in [6.07, 6.45) is 3.44. The maximum absolute atomic E-state index is 5.68. The number of nitrogens with two attached hydrogens (primary N) is 1. The van der Waals surface area contributed by atoms with Gasteiger partial charge in [0.1, 0.15) is 0 Å². The average Bonchev–Trinajstić information content (AvgIpc) is 2.25. The van der Waals surface area contributed by atoms with Gasteiger partial charge in [0.15, 0.2) is 5.96 Å². The molecule has 1 fully saturated rings. The van der Waals surface area contributed by atoms with Crippen LogP contribution in [0.1, 0.15) is 26.2 Å². The molecule has 1 rings (SSSR count). The molecule has 1 unspecified atom stereocenters. The summed E-state index contributed by atoms with van der Waals surface area (Å²) < 4.78 is 5.37. The van der Waals surface area contributed by atoms with Crippen molar-refractivity contribution in [3.05, 3.63) is 0 Å². The van der Waals surface area contributed by atoms with E-state index in [0.29, 0.717) is 11.9 Å². The Kier molecular flexibility index (Phi) is 5.37. The lowest BCUT2D eigenvalue weighted by Gasteiger charge is -2.20. The fourth-order valence-electron chi connectivity index (χ4n) is 1.49. The van der Waals surface area contributed by atoms with Crippen LogP contribution >= 0.6 is 0 Å². The van der Waals surface area contributed by atoms with E-state index in [1.165, 1.54) is 6.42 Å². The number of aliphatic imine (C=N–C) groups is 1. The second-order valence-electron chi connectivity index (χ2n) is 3.74. The first-order chi connectivity index (χ1) is 6.83. The summed E-state index contributed by atoms with van der Waals surface area (Å²) >= 11 is 0. The lowest BCUT2D eigenvalue weighted by molar-refractivity contribution is 0.0582. The van der Waals surface area contributed by atoms with Crippen molar-refractivity contribution in [1.82, 2.24) is 5.32 Å². The number of hydrogen-bond donors (Lipinski definition) is 2. The maximum atomic E-state index is 5.68. The largest absolute Gasteiger partial charge is 0.381 e. The van der Waals surface area contributed by atoms with Crippen LogP contribution in [0.3, 0.4) is 0 Å². The Morgan fingerprint density at radius 3 is 3.14 bits per heavy atom. The number of nitrogens with one attached hydrogen (secondary N) is 1. The van der Waals surface area contributed by atoms with Crippen LogP contribution in [-0.4, -0.2) is 32.3 Å². The third kappa shape index (κ3) is 4.46. The minimum absolute atomic E-state index is 0.561. The Labute approximate surface area is 85.9 Å². The topological polar surface area (TPSA) is 59.6 Å². The summed E-state index contributed by atoms with van der Waals surface area (Å²) in [7, 11) is 0. The van der Waals surface area contributed by atoms with Crippen LogP contribution in [0.2, 0.25) is 0 Å². The van der Waals surface area contributed by atoms with Gasteiger partial charge in [0, 0.05) is 25.6 Å². The molecule has 0 radical (unpaired) electrons. The first kappa shape index (κ1) is 11.3. The lowest BCUT2D eigenvalue weighted by Crippen LogP contribution is -2.33. The molecule has 14 heavy (non-hydrogen) atoms. The predicted octanol–water partition coefficient (Wildman–Crippen LogP) is 0.727. The standard InChI is InChI=1S/C10H21N3O/c1-2-5-12-10(11)13-7-9-4-3-6-14-8-9/h9H,2-8H2,1H3,(H3,11,12,13). The van der Waals surface area contributed by atoms with Crippen LogP contribution in [0.25, 0.3) is 0 Å². The van der Waals surface area contributed by atoms with Gasteiger partial charge in [0.25, 0.3) is 0 Å². The smallest absolute Gasteiger partial charge is 0.188 e. The molecule has 1 atom stereocenters. The molecule has 1 aliphatic rings. The molecule has 1 heterocycles. The number of hydrogen-bond acceptors (Lipinski definition) is 2. The predicted molar refractivity (Wildman–Crippen MR) is 58.3 cm³/mol. The summed E-state index contributed by atoms with van der Waals surface area (Å²) in [5, 5.41) is 3.06. The molecule has 0 aromatic heterocycles. The first-order valence-electron chi connectivity index (χ1n) is 5.44. The van der Waals surface area contributed by atoms with Crippen LogP contribution in [0, 0.1) is 5.92 Å². The Balaban J connectivity index is 2.15. The van der Waals surface area contributed by atoms with Crippen molar-refractivity contribution in [2.45, 2.75) is 26.2 Å². The highest BCUT2D eigenvalue weighted by atomic mass is 16.5. The Hall–Kier alpha value is -0.770. The molecule has 1 saturated heterocycles. The fraction of sp³-hybridized carbons (Fsp3) is 0.900. The van der Waals surface area contributed by atoms with Crippen LogP contribution in [0.4, 0.5) is 0 Å². The van der Waals surface area contributed by atoms with Crippen LogP contribution in [0.5, 0.6) is 0 Å². The van der Waals surface area contributed by atoms with Gasteiger partial charge < -0.3 is 15.8 Å². The Bertz CT molecular complexity index is 176. The normalized spacial score (nSPS) is 23.5. The van der Waals surface area contributed by atoms with Crippen molar-refractivity contribution in [3.8, 4) is 0 Å². The van der Waals surface area contributed by atoms with E-state index in [1.807, 2.05) is 0 Å². The van der Waals surface area contributed by atoms with E-state index < -0.39 is 0 Å². The molecular formula is C10H21N3O. The van der Waals surface area contributed by atoms with Crippen LogP contribution in [0.15, 0.2) is 4.99 Å². The summed E-state index contributed by atoms with van der Waals surface area (Å²) in [5.41, 5.74) is 5.68. The molecule has 0 saturated carbocycles. The minimum Gasteiger partial charge on any atom is -0.381 e. The highest BCUT2D eigenvalue weighted by Gasteiger charge is 2.12. The van der Waals surface area contributed by atoms with Gasteiger partial charge in [-0.3, -0.25) is 4.99 Å². The van der Waals surface area contributed by atoms with E-state index in [9.17, 15) is 0 Å². The molecule has 0 spiro atoms. The molecule has 0 amide bonds. The van der Waals surface area contributed by atoms with Crippen molar-refractivity contribution in [3.63, 3.8) is 0 Å². The van der Waals surface area contributed by atoms with Gasteiger partial charge in [-0.25, -0.2) is 0 Å². The summed E-state index contributed by atoms with van der Waals surface area (Å²) in [6.45, 7) is 5.54. The molecule has 82 valence electrons. The second kappa shape index (κ2) is 6.65. The molecule has 0 aromatic carbocycles. The third-order valence-corrected chi connectivity index (χ3v) is 2.33. The van der Waals surface area contributed by atoms with Crippen LogP contribution < -0.4 is 11.1 Å². The first-order valence-corrected chi connectivity index (χ1v) is 5.44. The van der Waals surface area contributed by atoms with Gasteiger partial charge >= 0.3 is 0 Å². The molecule has 4 heteroatoms. The summed E-state index contributed by atoms with van der Waals surface area (Å²) in [5.74, 6) is 1.13. The lowest BCUT2D eigenvalue weighted by atomic mass is 10.0. The SMILES string of the molecule is CCCNC(N)=NCC1CCCOC1.